The van der Waals surface area contributed by atoms with E-state index in [4.69, 9.17) is 0 Å². The molecule has 2 N–H and O–H groups in total. The molecule has 3 nitrogen and oxygen atoms in total. The second-order valence-corrected chi connectivity index (χ2v) is 6.61. The van der Waals surface area contributed by atoms with Gasteiger partial charge in [-0.3, -0.25) is 4.79 Å². The summed E-state index contributed by atoms with van der Waals surface area (Å²) in [6.45, 7) is 4.35. The number of nitrogens with one attached hydrogen (secondary N) is 1. The number of rotatable bonds is 3. The van der Waals surface area contributed by atoms with Gasteiger partial charge < -0.3 is 10.4 Å². The molecule has 1 amide bonds. The molecule has 1 atom stereocenters. The predicted molar refractivity (Wildman–Crippen MR) is 84.7 cm³/mol. The predicted octanol–water partition coefficient (Wildman–Crippen LogP) is 3.95. The first kappa shape index (κ1) is 14.2. The van der Waals surface area contributed by atoms with E-state index in [0.717, 1.165) is 9.79 Å². The smallest absolute Gasteiger partial charge is 0.257 e. The lowest BCUT2D eigenvalue weighted by molar-refractivity contribution is -0.123. The quantitative estimate of drug-likeness (QED) is 0.902. The first-order chi connectivity index (χ1) is 10.0. The van der Waals surface area contributed by atoms with Gasteiger partial charge in [-0.25, -0.2) is 0 Å². The van der Waals surface area contributed by atoms with Crippen LogP contribution in [0, 0.1) is 0 Å². The minimum absolute atomic E-state index is 0.353. The van der Waals surface area contributed by atoms with E-state index in [1.165, 1.54) is 5.56 Å². The van der Waals surface area contributed by atoms with Crippen LogP contribution < -0.4 is 5.32 Å². The third-order valence-corrected chi connectivity index (χ3v) is 4.61. The molecule has 2 aromatic carbocycles. The van der Waals surface area contributed by atoms with Crippen LogP contribution in [0.15, 0.2) is 52.3 Å². The Morgan fingerprint density at radius 3 is 2.43 bits per heavy atom. The van der Waals surface area contributed by atoms with Gasteiger partial charge in [0.15, 0.2) is 6.10 Å². The zero-order valence-corrected chi connectivity index (χ0v) is 12.8. The molecule has 108 valence electrons. The zero-order chi connectivity index (χ0) is 15.0. The standard InChI is InChI=1S/C17H17NO2S/c1-10(2)11-3-5-12(6-4-11)21-13-7-8-14-15(9-13)18-17(20)16(14)19/h3-10,16,19H,1-2H3,(H,18,20). The summed E-state index contributed by atoms with van der Waals surface area (Å²) in [6, 6.07) is 14.2. The van der Waals surface area contributed by atoms with Crippen LogP contribution in [0.25, 0.3) is 0 Å². The van der Waals surface area contributed by atoms with Gasteiger partial charge in [0.2, 0.25) is 0 Å². The van der Waals surface area contributed by atoms with Crippen molar-refractivity contribution >= 4 is 23.4 Å². The van der Waals surface area contributed by atoms with Crippen molar-refractivity contribution in [3.8, 4) is 0 Å². The highest BCUT2D eigenvalue weighted by molar-refractivity contribution is 7.99. The summed E-state index contributed by atoms with van der Waals surface area (Å²) in [5.74, 6) is 0.175. The molecular formula is C17H17NO2S. The zero-order valence-electron chi connectivity index (χ0n) is 12.0. The average molecular weight is 299 g/mol. The third kappa shape index (κ3) is 2.82. The highest BCUT2D eigenvalue weighted by atomic mass is 32.2. The molecule has 1 heterocycles. The molecule has 0 aliphatic carbocycles. The van der Waals surface area contributed by atoms with Gasteiger partial charge in [0, 0.05) is 21.0 Å². The van der Waals surface area contributed by atoms with E-state index < -0.39 is 6.10 Å². The molecule has 21 heavy (non-hydrogen) atoms. The summed E-state index contributed by atoms with van der Waals surface area (Å²) in [5.41, 5.74) is 2.68. The monoisotopic (exact) mass is 299 g/mol. The fraction of sp³-hybridized carbons (Fsp3) is 0.235. The summed E-state index contributed by atoms with van der Waals surface area (Å²) >= 11 is 1.64. The van der Waals surface area contributed by atoms with Crippen LogP contribution >= 0.6 is 11.8 Å². The molecule has 0 saturated carbocycles. The summed E-state index contributed by atoms with van der Waals surface area (Å²) in [4.78, 5) is 13.6. The Labute approximate surface area is 128 Å². The molecule has 1 unspecified atom stereocenters. The average Bonchev–Trinajstić information content (AvgIpc) is 2.74. The summed E-state index contributed by atoms with van der Waals surface area (Å²) in [7, 11) is 0. The Kier molecular flexibility index (Phi) is 3.74. The molecule has 3 rings (SSSR count). The van der Waals surface area contributed by atoms with E-state index in [0.29, 0.717) is 17.2 Å². The molecular weight excluding hydrogens is 282 g/mol. The molecule has 1 aliphatic heterocycles. The van der Waals surface area contributed by atoms with Crippen molar-refractivity contribution in [2.75, 3.05) is 5.32 Å². The Bertz CT molecular complexity index is 680. The Balaban J connectivity index is 1.80. The van der Waals surface area contributed by atoms with Crippen molar-refractivity contribution in [1.29, 1.82) is 0 Å². The Morgan fingerprint density at radius 2 is 1.76 bits per heavy atom. The Hall–Kier alpha value is -1.78. The molecule has 1 aliphatic rings. The lowest BCUT2D eigenvalue weighted by Crippen LogP contribution is -2.10. The first-order valence-electron chi connectivity index (χ1n) is 6.95. The number of aliphatic hydroxyl groups excluding tert-OH is 1. The summed E-state index contributed by atoms with van der Waals surface area (Å²) in [5, 5.41) is 12.4. The highest BCUT2D eigenvalue weighted by Crippen LogP contribution is 2.36. The number of fused-ring (bicyclic) bond motifs is 1. The number of carbonyl (C=O) groups is 1. The van der Waals surface area contributed by atoms with Crippen molar-refractivity contribution in [3.63, 3.8) is 0 Å². The van der Waals surface area contributed by atoms with Crippen LogP contribution in [-0.2, 0) is 4.79 Å². The number of hydrogen-bond acceptors (Lipinski definition) is 3. The van der Waals surface area contributed by atoms with Gasteiger partial charge in [0.05, 0.1) is 0 Å². The van der Waals surface area contributed by atoms with Crippen LogP contribution in [0.2, 0.25) is 0 Å². The Morgan fingerprint density at radius 1 is 1.10 bits per heavy atom. The largest absolute Gasteiger partial charge is 0.378 e. The molecule has 0 radical (unpaired) electrons. The van der Waals surface area contributed by atoms with Crippen LogP contribution in [0.4, 0.5) is 5.69 Å². The molecule has 0 saturated heterocycles. The van der Waals surface area contributed by atoms with Crippen molar-refractivity contribution < 1.29 is 9.90 Å². The van der Waals surface area contributed by atoms with E-state index in [2.05, 4.69) is 43.4 Å². The lowest BCUT2D eigenvalue weighted by Gasteiger charge is -2.08. The van der Waals surface area contributed by atoms with Crippen LogP contribution in [0.5, 0.6) is 0 Å². The fourth-order valence-corrected chi connectivity index (χ4v) is 3.20. The normalized spacial score (nSPS) is 17.0. The van der Waals surface area contributed by atoms with Gasteiger partial charge in [-0.15, -0.1) is 0 Å². The molecule has 0 bridgehead atoms. The number of carbonyl (C=O) groups excluding carboxylic acids is 1. The van der Waals surface area contributed by atoms with Crippen molar-refractivity contribution in [1.82, 2.24) is 0 Å². The molecule has 4 heteroatoms. The molecule has 0 spiro atoms. The third-order valence-electron chi connectivity index (χ3n) is 3.61. The number of benzene rings is 2. The van der Waals surface area contributed by atoms with E-state index >= 15 is 0 Å². The summed E-state index contributed by atoms with van der Waals surface area (Å²) < 4.78 is 0. The van der Waals surface area contributed by atoms with Crippen LogP contribution in [0.3, 0.4) is 0 Å². The van der Waals surface area contributed by atoms with E-state index in [1.807, 2.05) is 18.2 Å². The molecule has 0 aromatic heterocycles. The van der Waals surface area contributed by atoms with E-state index in [1.54, 1.807) is 11.8 Å². The maximum Gasteiger partial charge on any atom is 0.257 e. The van der Waals surface area contributed by atoms with E-state index in [-0.39, 0.29) is 5.91 Å². The number of amides is 1. The number of hydrogen-bond donors (Lipinski definition) is 2. The maximum atomic E-state index is 11.4. The lowest BCUT2D eigenvalue weighted by atomic mass is 10.0. The second-order valence-electron chi connectivity index (χ2n) is 5.47. The van der Waals surface area contributed by atoms with Gasteiger partial charge in [0.25, 0.3) is 5.91 Å². The molecule has 0 fully saturated rings. The van der Waals surface area contributed by atoms with Crippen LogP contribution in [-0.4, -0.2) is 11.0 Å². The van der Waals surface area contributed by atoms with Crippen LogP contribution in [0.1, 0.15) is 37.0 Å². The minimum atomic E-state index is -1.04. The first-order valence-corrected chi connectivity index (χ1v) is 7.77. The van der Waals surface area contributed by atoms with Gasteiger partial charge in [-0.1, -0.05) is 43.8 Å². The highest BCUT2D eigenvalue weighted by Gasteiger charge is 2.28. The van der Waals surface area contributed by atoms with Crippen molar-refractivity contribution in [2.24, 2.45) is 0 Å². The van der Waals surface area contributed by atoms with E-state index in [9.17, 15) is 9.90 Å². The summed E-state index contributed by atoms with van der Waals surface area (Å²) in [6.07, 6.45) is -1.04. The van der Waals surface area contributed by atoms with Crippen molar-refractivity contribution in [2.45, 2.75) is 35.7 Å². The second kappa shape index (κ2) is 5.54. The van der Waals surface area contributed by atoms with Gasteiger partial charge in [-0.05, 0) is 35.7 Å². The molecule has 2 aromatic rings. The van der Waals surface area contributed by atoms with Gasteiger partial charge in [-0.2, -0.15) is 0 Å². The van der Waals surface area contributed by atoms with Gasteiger partial charge in [0.1, 0.15) is 0 Å². The topological polar surface area (TPSA) is 49.3 Å². The minimum Gasteiger partial charge on any atom is -0.378 e. The van der Waals surface area contributed by atoms with Crippen molar-refractivity contribution in [3.05, 3.63) is 53.6 Å². The number of anilines is 1. The fourth-order valence-electron chi connectivity index (χ4n) is 2.34. The number of aliphatic hydroxyl groups is 1. The van der Waals surface area contributed by atoms with Gasteiger partial charge >= 0.3 is 0 Å². The SMILES string of the molecule is CC(C)c1ccc(Sc2ccc3c(c2)NC(=O)C3O)cc1. The maximum absolute atomic E-state index is 11.4.